The first kappa shape index (κ1) is 16.6. The highest BCUT2D eigenvalue weighted by atomic mass is 16.2. The summed E-state index contributed by atoms with van der Waals surface area (Å²) in [6.45, 7) is 3.74. The van der Waals surface area contributed by atoms with Gasteiger partial charge in [0.25, 0.3) is 5.91 Å². The second-order valence-electron chi connectivity index (χ2n) is 6.84. The lowest BCUT2D eigenvalue weighted by Crippen LogP contribution is -2.48. The maximum atomic E-state index is 13.2. The predicted octanol–water partition coefficient (Wildman–Crippen LogP) is 2.78. The Morgan fingerprint density at radius 2 is 2.04 bits per heavy atom. The second-order valence-corrected chi connectivity index (χ2v) is 6.84. The minimum Gasteiger partial charge on any atom is -0.369 e. The molecule has 0 saturated carbocycles. The van der Waals surface area contributed by atoms with Crippen molar-refractivity contribution in [2.75, 3.05) is 25.0 Å². The van der Waals surface area contributed by atoms with Gasteiger partial charge in [-0.2, -0.15) is 5.10 Å². The number of para-hydroxylation sites is 1. The molecule has 4 rings (SSSR count). The van der Waals surface area contributed by atoms with Crippen LogP contribution in [-0.2, 0) is 0 Å². The molecule has 1 saturated heterocycles. The molecule has 26 heavy (non-hydrogen) atoms. The van der Waals surface area contributed by atoms with Gasteiger partial charge in [0.1, 0.15) is 5.56 Å². The zero-order valence-electron chi connectivity index (χ0n) is 15.2. The summed E-state index contributed by atoms with van der Waals surface area (Å²) >= 11 is 0. The topological polar surface area (TPSA) is 53.7 Å². The molecule has 6 nitrogen and oxygen atoms in total. The van der Waals surface area contributed by atoms with E-state index in [9.17, 15) is 4.79 Å². The fourth-order valence-corrected chi connectivity index (χ4v) is 3.73. The second kappa shape index (κ2) is 6.78. The van der Waals surface area contributed by atoms with Crippen LogP contribution in [0.1, 0.15) is 28.9 Å². The fraction of sp³-hybridized carbons (Fsp3) is 0.350. The first-order valence-electron chi connectivity index (χ1n) is 9.02. The molecule has 3 heterocycles. The third-order valence-electron chi connectivity index (χ3n) is 5.17. The molecule has 1 amide bonds. The molecular weight excluding hydrogens is 326 g/mol. The average molecular weight is 349 g/mol. The predicted molar refractivity (Wildman–Crippen MR) is 101 cm³/mol. The molecule has 2 aromatic heterocycles. The summed E-state index contributed by atoms with van der Waals surface area (Å²) in [7, 11) is 1.90. The van der Waals surface area contributed by atoms with E-state index in [0.717, 1.165) is 31.6 Å². The number of amides is 1. The molecule has 1 aromatic carbocycles. The van der Waals surface area contributed by atoms with Crippen LogP contribution in [0.25, 0.3) is 5.65 Å². The third-order valence-corrected chi connectivity index (χ3v) is 5.17. The molecule has 1 aliphatic heterocycles. The first-order chi connectivity index (χ1) is 12.6. The fourth-order valence-electron chi connectivity index (χ4n) is 3.73. The standard InChI is InChI=1S/C20H23N5O/c1-15-18(19-21-11-7-13-25(19)22-15)20(26)23(2)17-10-6-12-24(14-17)16-8-4-3-5-9-16/h3-5,7-9,11,13,17H,6,10,12,14H2,1-2H3/t17-/m1/s1. The maximum Gasteiger partial charge on any atom is 0.259 e. The largest absolute Gasteiger partial charge is 0.369 e. The van der Waals surface area contributed by atoms with Crippen LogP contribution in [0.2, 0.25) is 0 Å². The number of hydrogen-bond donors (Lipinski definition) is 0. The molecule has 134 valence electrons. The van der Waals surface area contributed by atoms with Crippen LogP contribution in [0.4, 0.5) is 5.69 Å². The van der Waals surface area contributed by atoms with Crippen molar-refractivity contribution in [2.45, 2.75) is 25.8 Å². The average Bonchev–Trinajstić information content (AvgIpc) is 3.03. The molecule has 0 unspecified atom stereocenters. The van der Waals surface area contributed by atoms with Gasteiger partial charge in [0, 0.05) is 44.3 Å². The van der Waals surface area contributed by atoms with Crippen molar-refractivity contribution in [1.82, 2.24) is 19.5 Å². The molecule has 1 atom stereocenters. The van der Waals surface area contributed by atoms with Gasteiger partial charge in [-0.1, -0.05) is 18.2 Å². The summed E-state index contributed by atoms with van der Waals surface area (Å²) in [5, 5.41) is 4.42. The first-order valence-corrected chi connectivity index (χ1v) is 9.02. The van der Waals surface area contributed by atoms with Gasteiger partial charge in [0.2, 0.25) is 0 Å². The van der Waals surface area contributed by atoms with Crippen molar-refractivity contribution in [3.63, 3.8) is 0 Å². The molecule has 0 N–H and O–H groups in total. The minimum absolute atomic E-state index is 0.00360. The van der Waals surface area contributed by atoms with E-state index in [0.29, 0.717) is 11.2 Å². The number of carbonyl (C=O) groups excluding carboxylic acids is 1. The zero-order valence-corrected chi connectivity index (χ0v) is 15.2. The van der Waals surface area contributed by atoms with Gasteiger partial charge in [-0.3, -0.25) is 4.79 Å². The number of aromatic nitrogens is 3. The van der Waals surface area contributed by atoms with Gasteiger partial charge in [0.05, 0.1) is 5.69 Å². The Morgan fingerprint density at radius 1 is 1.23 bits per heavy atom. The Labute approximate surface area is 153 Å². The smallest absolute Gasteiger partial charge is 0.259 e. The number of piperidine rings is 1. The Hall–Kier alpha value is -2.89. The zero-order chi connectivity index (χ0) is 18.1. The van der Waals surface area contributed by atoms with E-state index in [1.807, 2.05) is 37.2 Å². The lowest BCUT2D eigenvalue weighted by atomic mass is 10.0. The van der Waals surface area contributed by atoms with Crippen LogP contribution in [0.3, 0.4) is 0 Å². The molecule has 0 aliphatic carbocycles. The summed E-state index contributed by atoms with van der Waals surface area (Å²) in [5.74, 6) is -0.00360. The summed E-state index contributed by atoms with van der Waals surface area (Å²) in [5.41, 5.74) is 3.16. The van der Waals surface area contributed by atoms with Gasteiger partial charge in [-0.05, 0) is 38.0 Å². The summed E-state index contributed by atoms with van der Waals surface area (Å²) in [4.78, 5) is 21.8. The molecule has 0 spiro atoms. The monoisotopic (exact) mass is 349 g/mol. The SMILES string of the molecule is Cc1nn2cccnc2c1C(=O)N(C)[C@@H]1CCCN(c2ccccc2)C1. The van der Waals surface area contributed by atoms with Gasteiger partial charge in [-0.15, -0.1) is 0 Å². The lowest BCUT2D eigenvalue weighted by Gasteiger charge is -2.38. The number of anilines is 1. The summed E-state index contributed by atoms with van der Waals surface area (Å²) in [6.07, 6.45) is 5.61. The normalized spacial score (nSPS) is 17.5. The molecule has 0 bridgehead atoms. The van der Waals surface area contributed by atoms with Gasteiger partial charge < -0.3 is 9.80 Å². The van der Waals surface area contributed by atoms with E-state index in [2.05, 4.69) is 39.2 Å². The number of nitrogens with zero attached hydrogens (tertiary/aromatic N) is 5. The van der Waals surface area contributed by atoms with Crippen LogP contribution >= 0.6 is 0 Å². The number of benzene rings is 1. The molecule has 0 radical (unpaired) electrons. The summed E-state index contributed by atoms with van der Waals surface area (Å²) in [6, 6.07) is 12.4. The number of hydrogen-bond acceptors (Lipinski definition) is 4. The van der Waals surface area contributed by atoms with Crippen molar-refractivity contribution in [1.29, 1.82) is 0 Å². The highest BCUT2D eigenvalue weighted by molar-refractivity contribution is 6.01. The highest BCUT2D eigenvalue weighted by Crippen LogP contribution is 2.24. The number of carbonyl (C=O) groups is 1. The lowest BCUT2D eigenvalue weighted by molar-refractivity contribution is 0.0718. The molecule has 1 aliphatic rings. The van der Waals surface area contributed by atoms with Crippen LogP contribution < -0.4 is 4.90 Å². The quantitative estimate of drug-likeness (QED) is 0.730. The minimum atomic E-state index is -0.00360. The number of likely N-dealkylation sites (N-methyl/N-ethyl adjacent to an activating group) is 1. The van der Waals surface area contributed by atoms with Gasteiger partial charge >= 0.3 is 0 Å². The van der Waals surface area contributed by atoms with Crippen molar-refractivity contribution in [2.24, 2.45) is 0 Å². The van der Waals surface area contributed by atoms with Gasteiger partial charge in [0.15, 0.2) is 5.65 Å². The molecular formula is C20H23N5O. The Kier molecular flexibility index (Phi) is 4.32. The van der Waals surface area contributed by atoms with Gasteiger partial charge in [-0.25, -0.2) is 9.50 Å². The molecule has 1 fully saturated rings. The summed E-state index contributed by atoms with van der Waals surface area (Å²) < 4.78 is 1.67. The highest BCUT2D eigenvalue weighted by Gasteiger charge is 2.29. The number of aryl methyl sites for hydroxylation is 1. The van der Waals surface area contributed by atoms with E-state index < -0.39 is 0 Å². The Balaban J connectivity index is 1.57. The van der Waals surface area contributed by atoms with Crippen molar-refractivity contribution >= 4 is 17.2 Å². The van der Waals surface area contributed by atoms with Crippen LogP contribution in [0, 0.1) is 6.92 Å². The van der Waals surface area contributed by atoms with Crippen LogP contribution in [0.5, 0.6) is 0 Å². The van der Waals surface area contributed by atoms with E-state index >= 15 is 0 Å². The van der Waals surface area contributed by atoms with Crippen molar-refractivity contribution < 1.29 is 4.79 Å². The Morgan fingerprint density at radius 3 is 2.85 bits per heavy atom. The van der Waals surface area contributed by atoms with E-state index in [1.54, 1.807) is 10.7 Å². The van der Waals surface area contributed by atoms with Crippen molar-refractivity contribution in [3.05, 3.63) is 60.0 Å². The molecule has 3 aromatic rings. The van der Waals surface area contributed by atoms with Crippen molar-refractivity contribution in [3.8, 4) is 0 Å². The van der Waals surface area contributed by atoms with Crippen LogP contribution in [-0.4, -0.2) is 51.6 Å². The molecule has 6 heteroatoms. The number of rotatable bonds is 3. The van der Waals surface area contributed by atoms with E-state index in [4.69, 9.17) is 0 Å². The third kappa shape index (κ3) is 2.92. The van der Waals surface area contributed by atoms with E-state index in [1.165, 1.54) is 5.69 Å². The van der Waals surface area contributed by atoms with E-state index in [-0.39, 0.29) is 11.9 Å². The number of fused-ring (bicyclic) bond motifs is 1. The maximum absolute atomic E-state index is 13.2. The Bertz CT molecular complexity index is 920. The van der Waals surface area contributed by atoms with Crippen LogP contribution in [0.15, 0.2) is 48.8 Å².